The van der Waals surface area contributed by atoms with Crippen molar-refractivity contribution in [2.24, 2.45) is 12.8 Å². The average molecular weight is 357 g/mol. The highest BCUT2D eigenvalue weighted by molar-refractivity contribution is 5.78. The third kappa shape index (κ3) is 3.38. The third-order valence-electron chi connectivity index (χ3n) is 4.97. The number of nitrogens with zero attached hydrogens (tertiary/aromatic N) is 3. The Bertz CT molecular complexity index is 806. The Kier molecular flexibility index (Phi) is 4.52. The lowest BCUT2D eigenvalue weighted by Gasteiger charge is -2.16. The fourth-order valence-electron chi connectivity index (χ4n) is 3.59. The number of hydrogen-bond donors (Lipinski definition) is 2. The number of imidazole rings is 1. The van der Waals surface area contributed by atoms with Gasteiger partial charge in [0.2, 0.25) is 12.7 Å². The first kappa shape index (κ1) is 16.9. The van der Waals surface area contributed by atoms with E-state index in [1.54, 1.807) is 6.33 Å². The van der Waals surface area contributed by atoms with Crippen LogP contribution in [0.15, 0.2) is 30.7 Å². The molecule has 2 aliphatic heterocycles. The highest BCUT2D eigenvalue weighted by Gasteiger charge is 2.33. The second-order valence-corrected chi connectivity index (χ2v) is 6.86. The molecule has 26 heavy (non-hydrogen) atoms. The van der Waals surface area contributed by atoms with Crippen LogP contribution in [0.2, 0.25) is 0 Å². The lowest BCUT2D eigenvalue weighted by Crippen LogP contribution is -2.37. The van der Waals surface area contributed by atoms with E-state index >= 15 is 0 Å². The lowest BCUT2D eigenvalue weighted by molar-refractivity contribution is -0.122. The second-order valence-electron chi connectivity index (χ2n) is 6.86. The van der Waals surface area contributed by atoms with Crippen molar-refractivity contribution in [3.05, 3.63) is 42.0 Å². The summed E-state index contributed by atoms with van der Waals surface area (Å²) in [6.45, 7) is 2.51. The molecule has 3 heterocycles. The molecule has 3 N–H and O–H groups in total. The Hall–Kier alpha value is -2.58. The summed E-state index contributed by atoms with van der Waals surface area (Å²) in [5.41, 5.74) is 8.37. The molecule has 1 amide bonds. The predicted octanol–water partition coefficient (Wildman–Crippen LogP) is 0.192. The second kappa shape index (κ2) is 6.97. The van der Waals surface area contributed by atoms with E-state index in [-0.39, 0.29) is 24.7 Å². The monoisotopic (exact) mass is 357 g/mol. The number of nitrogens with two attached hydrogens (primary N) is 1. The Morgan fingerprint density at radius 3 is 3.00 bits per heavy atom. The maximum atomic E-state index is 12.3. The van der Waals surface area contributed by atoms with Crippen LogP contribution < -0.4 is 20.5 Å². The van der Waals surface area contributed by atoms with E-state index in [4.69, 9.17) is 15.2 Å². The summed E-state index contributed by atoms with van der Waals surface area (Å²) in [6.07, 6.45) is 3.64. The van der Waals surface area contributed by atoms with Gasteiger partial charge in [0.1, 0.15) is 0 Å². The number of rotatable bonds is 5. The van der Waals surface area contributed by atoms with Crippen molar-refractivity contribution in [2.45, 2.75) is 18.5 Å². The molecule has 2 aromatic rings. The van der Waals surface area contributed by atoms with Crippen molar-refractivity contribution in [3.8, 4) is 11.5 Å². The van der Waals surface area contributed by atoms with Crippen LogP contribution >= 0.6 is 0 Å². The first-order valence-corrected chi connectivity index (χ1v) is 8.69. The van der Waals surface area contributed by atoms with Gasteiger partial charge in [-0.2, -0.15) is 0 Å². The Morgan fingerprint density at radius 2 is 2.19 bits per heavy atom. The number of ether oxygens (including phenoxy) is 2. The summed E-state index contributed by atoms with van der Waals surface area (Å²) in [5.74, 6) is 1.65. The van der Waals surface area contributed by atoms with Crippen molar-refractivity contribution < 1.29 is 14.3 Å². The third-order valence-corrected chi connectivity index (χ3v) is 4.97. The number of aryl methyl sites for hydroxylation is 1. The van der Waals surface area contributed by atoms with Gasteiger partial charge in [0, 0.05) is 50.5 Å². The van der Waals surface area contributed by atoms with Gasteiger partial charge in [-0.1, -0.05) is 6.07 Å². The number of fused-ring (bicyclic) bond motifs is 1. The summed E-state index contributed by atoms with van der Waals surface area (Å²) in [5, 5.41) is 2.96. The lowest BCUT2D eigenvalue weighted by atomic mass is 10.0. The normalized spacial score (nSPS) is 21.9. The SMILES string of the molecule is Cn1cncc1[C@@H]1CN(CC(=O)NCc2ccc3c(c2)OCO3)C[C@H]1N. The molecule has 0 radical (unpaired) electrons. The zero-order chi connectivity index (χ0) is 18.1. The molecule has 0 aliphatic carbocycles. The molecule has 1 aromatic heterocycles. The molecule has 0 saturated carbocycles. The van der Waals surface area contributed by atoms with Crippen LogP contribution in [0.1, 0.15) is 17.2 Å². The molecule has 1 saturated heterocycles. The van der Waals surface area contributed by atoms with Crippen LogP contribution in [-0.2, 0) is 18.4 Å². The number of nitrogens with one attached hydrogen (secondary N) is 1. The van der Waals surface area contributed by atoms with Crippen molar-refractivity contribution in [2.75, 3.05) is 26.4 Å². The van der Waals surface area contributed by atoms with Gasteiger partial charge in [0.05, 0.1) is 12.9 Å². The summed E-state index contributed by atoms with van der Waals surface area (Å²) >= 11 is 0. The fraction of sp³-hybridized carbons (Fsp3) is 0.444. The predicted molar refractivity (Wildman–Crippen MR) is 94.8 cm³/mol. The van der Waals surface area contributed by atoms with Crippen LogP contribution in [0.25, 0.3) is 0 Å². The van der Waals surface area contributed by atoms with Gasteiger partial charge in [0.25, 0.3) is 0 Å². The molecular weight excluding hydrogens is 334 g/mol. The highest BCUT2D eigenvalue weighted by atomic mass is 16.7. The van der Waals surface area contributed by atoms with Crippen LogP contribution in [0.4, 0.5) is 0 Å². The molecule has 2 aliphatic rings. The minimum absolute atomic E-state index is 0.00654. The van der Waals surface area contributed by atoms with Crippen LogP contribution in [0.5, 0.6) is 11.5 Å². The molecule has 1 fully saturated rings. The Labute approximate surface area is 151 Å². The molecule has 8 nitrogen and oxygen atoms in total. The fourth-order valence-corrected chi connectivity index (χ4v) is 3.59. The average Bonchev–Trinajstić information content (AvgIpc) is 3.32. The molecule has 8 heteroatoms. The summed E-state index contributed by atoms with van der Waals surface area (Å²) < 4.78 is 12.6. The number of benzene rings is 1. The Morgan fingerprint density at radius 1 is 1.35 bits per heavy atom. The molecule has 138 valence electrons. The molecular formula is C18H23N5O3. The highest BCUT2D eigenvalue weighted by Crippen LogP contribution is 2.32. The number of hydrogen-bond acceptors (Lipinski definition) is 6. The van der Waals surface area contributed by atoms with Gasteiger partial charge < -0.3 is 25.1 Å². The largest absolute Gasteiger partial charge is 0.454 e. The van der Waals surface area contributed by atoms with Gasteiger partial charge in [0.15, 0.2) is 11.5 Å². The summed E-state index contributed by atoms with van der Waals surface area (Å²) in [7, 11) is 1.97. The van der Waals surface area contributed by atoms with E-state index in [1.165, 1.54) is 0 Å². The molecule has 2 atom stereocenters. The number of amides is 1. The van der Waals surface area contributed by atoms with E-state index in [9.17, 15) is 4.79 Å². The van der Waals surface area contributed by atoms with Crippen molar-refractivity contribution >= 4 is 5.91 Å². The van der Waals surface area contributed by atoms with E-state index in [0.29, 0.717) is 19.6 Å². The van der Waals surface area contributed by atoms with Gasteiger partial charge in [-0.3, -0.25) is 9.69 Å². The number of likely N-dealkylation sites (tertiary alicyclic amines) is 1. The van der Waals surface area contributed by atoms with Gasteiger partial charge >= 0.3 is 0 Å². The van der Waals surface area contributed by atoms with Gasteiger partial charge in [-0.05, 0) is 17.7 Å². The molecule has 0 bridgehead atoms. The molecule has 0 unspecified atom stereocenters. The maximum absolute atomic E-state index is 12.3. The number of carbonyl (C=O) groups is 1. The number of aromatic nitrogens is 2. The van der Waals surface area contributed by atoms with E-state index in [0.717, 1.165) is 29.3 Å². The van der Waals surface area contributed by atoms with E-state index in [1.807, 2.05) is 36.0 Å². The smallest absolute Gasteiger partial charge is 0.234 e. The first-order valence-electron chi connectivity index (χ1n) is 8.69. The van der Waals surface area contributed by atoms with Crippen molar-refractivity contribution in [3.63, 3.8) is 0 Å². The topological polar surface area (TPSA) is 94.6 Å². The molecule has 4 rings (SSSR count). The van der Waals surface area contributed by atoms with Crippen LogP contribution in [0, 0.1) is 0 Å². The van der Waals surface area contributed by atoms with Crippen molar-refractivity contribution in [1.82, 2.24) is 19.8 Å². The minimum Gasteiger partial charge on any atom is -0.454 e. The van der Waals surface area contributed by atoms with Crippen molar-refractivity contribution in [1.29, 1.82) is 0 Å². The molecule has 0 spiro atoms. The van der Waals surface area contributed by atoms with Gasteiger partial charge in [-0.25, -0.2) is 4.98 Å². The zero-order valence-electron chi connectivity index (χ0n) is 14.7. The van der Waals surface area contributed by atoms with E-state index in [2.05, 4.69) is 15.2 Å². The Balaban J connectivity index is 1.29. The van der Waals surface area contributed by atoms with E-state index < -0.39 is 0 Å². The first-order chi connectivity index (χ1) is 12.6. The summed E-state index contributed by atoms with van der Waals surface area (Å²) in [4.78, 5) is 18.6. The quantitative estimate of drug-likeness (QED) is 0.793. The number of carbonyl (C=O) groups excluding carboxylic acids is 1. The standard InChI is InChI=1S/C18H23N5O3/c1-22-10-20-6-15(22)13-7-23(8-14(13)19)9-18(24)21-5-12-2-3-16-17(4-12)26-11-25-16/h2-4,6,10,13-14H,5,7-9,11,19H2,1H3,(H,21,24)/t13-,14-/m1/s1. The summed E-state index contributed by atoms with van der Waals surface area (Å²) in [6, 6.07) is 5.69. The van der Waals surface area contributed by atoms with Gasteiger partial charge in [-0.15, -0.1) is 0 Å². The van der Waals surface area contributed by atoms with Crippen LogP contribution in [-0.4, -0.2) is 52.8 Å². The van der Waals surface area contributed by atoms with Crippen LogP contribution in [0.3, 0.4) is 0 Å². The zero-order valence-corrected chi connectivity index (χ0v) is 14.7. The minimum atomic E-state index is -0.0134. The molecule has 1 aromatic carbocycles. The maximum Gasteiger partial charge on any atom is 0.234 e.